The predicted molar refractivity (Wildman–Crippen MR) is 78.4 cm³/mol. The lowest BCUT2D eigenvalue weighted by Gasteiger charge is -2.04. The Morgan fingerprint density at radius 3 is 2.75 bits per heavy atom. The summed E-state index contributed by atoms with van der Waals surface area (Å²) in [5.74, 6) is 0.567. The molecule has 0 aliphatic rings. The maximum absolute atomic E-state index is 11.2. The summed E-state index contributed by atoms with van der Waals surface area (Å²) in [5, 5.41) is 15.6. The van der Waals surface area contributed by atoms with E-state index in [0.717, 1.165) is 24.0 Å². The smallest absolute Gasteiger partial charge is 0.278 e. The Morgan fingerprint density at radius 2 is 2.15 bits per heavy atom. The highest BCUT2D eigenvalue weighted by molar-refractivity contribution is 5.76. The molecule has 0 spiro atoms. The number of benzene rings is 1. The third-order valence-electron chi connectivity index (χ3n) is 3.30. The lowest BCUT2D eigenvalue weighted by molar-refractivity contribution is -0.384. The van der Waals surface area contributed by atoms with Gasteiger partial charge in [-0.2, -0.15) is 5.10 Å². The molecule has 1 aromatic heterocycles. The van der Waals surface area contributed by atoms with Crippen LogP contribution in [0.1, 0.15) is 24.5 Å². The number of aromatic nitrogens is 2. The molecule has 0 saturated carbocycles. The normalized spacial score (nSPS) is 10.8. The van der Waals surface area contributed by atoms with Crippen molar-refractivity contribution in [3.05, 3.63) is 39.4 Å². The van der Waals surface area contributed by atoms with Crippen molar-refractivity contribution in [1.29, 1.82) is 0 Å². The molecule has 0 radical (unpaired) electrons. The van der Waals surface area contributed by atoms with Crippen LogP contribution in [0.5, 0.6) is 0 Å². The molecule has 0 fully saturated rings. The van der Waals surface area contributed by atoms with E-state index in [4.69, 9.17) is 5.73 Å². The van der Waals surface area contributed by atoms with Crippen LogP contribution >= 0.6 is 0 Å². The minimum absolute atomic E-state index is 0.0612. The van der Waals surface area contributed by atoms with E-state index in [0.29, 0.717) is 17.1 Å². The van der Waals surface area contributed by atoms with Gasteiger partial charge in [-0.15, -0.1) is 0 Å². The third-order valence-corrected chi connectivity index (χ3v) is 3.30. The zero-order chi connectivity index (χ0) is 14.9. The molecule has 0 amide bonds. The number of nitrogens with zero attached hydrogens (tertiary/aromatic N) is 3. The Hall–Kier alpha value is -2.37. The van der Waals surface area contributed by atoms with Crippen LogP contribution in [0.15, 0.2) is 18.2 Å². The number of anilines is 1. The Kier molecular flexibility index (Phi) is 3.74. The van der Waals surface area contributed by atoms with E-state index in [1.807, 2.05) is 13.8 Å². The number of nitro benzene ring substituents is 1. The van der Waals surface area contributed by atoms with Crippen LogP contribution in [0, 0.1) is 17.0 Å². The molecule has 0 unspecified atom stereocenters. The first-order chi connectivity index (χ1) is 9.45. The fraction of sp³-hybridized carbons (Fsp3) is 0.357. The molecule has 2 N–H and O–H groups in total. The highest BCUT2D eigenvalue weighted by Gasteiger charge is 2.22. The summed E-state index contributed by atoms with van der Waals surface area (Å²) >= 11 is 0. The van der Waals surface area contributed by atoms with Gasteiger partial charge in [-0.25, -0.2) is 0 Å². The molecule has 0 atom stereocenters. The van der Waals surface area contributed by atoms with Gasteiger partial charge in [0.2, 0.25) is 0 Å². The molecule has 106 valence electrons. The molecular weight excluding hydrogens is 256 g/mol. The van der Waals surface area contributed by atoms with E-state index in [-0.39, 0.29) is 10.6 Å². The second-order valence-electron chi connectivity index (χ2n) is 4.86. The van der Waals surface area contributed by atoms with Crippen LogP contribution in [-0.2, 0) is 13.5 Å². The van der Waals surface area contributed by atoms with Gasteiger partial charge >= 0.3 is 0 Å². The monoisotopic (exact) mass is 274 g/mol. The fourth-order valence-corrected chi connectivity index (χ4v) is 2.29. The van der Waals surface area contributed by atoms with Crippen molar-refractivity contribution in [2.75, 3.05) is 5.73 Å². The molecule has 0 saturated heterocycles. The summed E-state index contributed by atoms with van der Waals surface area (Å²) in [6.07, 6.45) is 1.66. The van der Waals surface area contributed by atoms with Gasteiger partial charge < -0.3 is 5.73 Å². The summed E-state index contributed by atoms with van der Waals surface area (Å²) in [6.45, 7) is 3.94. The summed E-state index contributed by atoms with van der Waals surface area (Å²) < 4.78 is 1.58. The maximum Gasteiger partial charge on any atom is 0.278 e. The van der Waals surface area contributed by atoms with Crippen molar-refractivity contribution < 1.29 is 4.92 Å². The molecule has 20 heavy (non-hydrogen) atoms. The highest BCUT2D eigenvalue weighted by Crippen LogP contribution is 2.34. The maximum atomic E-state index is 11.2. The molecule has 6 heteroatoms. The van der Waals surface area contributed by atoms with E-state index in [1.165, 1.54) is 6.07 Å². The molecule has 2 rings (SSSR count). The molecular formula is C14H18N4O2. The standard InChI is InChI=1S/C14H18N4O2/c1-4-5-10-13(16-17(3)14(10)15)11-8-9(2)6-7-12(11)18(19)20/h6-8H,4-5,15H2,1-3H3. The first kappa shape index (κ1) is 14.0. The summed E-state index contributed by atoms with van der Waals surface area (Å²) in [7, 11) is 1.75. The molecule has 1 aromatic carbocycles. The topological polar surface area (TPSA) is 87.0 Å². The lowest BCUT2D eigenvalue weighted by Crippen LogP contribution is -1.99. The van der Waals surface area contributed by atoms with Crippen molar-refractivity contribution >= 4 is 11.5 Å². The second-order valence-corrected chi connectivity index (χ2v) is 4.86. The molecule has 2 aromatic rings. The van der Waals surface area contributed by atoms with Gasteiger partial charge in [0, 0.05) is 18.7 Å². The number of hydrogen-bond donors (Lipinski definition) is 1. The van der Waals surface area contributed by atoms with Crippen molar-refractivity contribution in [2.45, 2.75) is 26.7 Å². The van der Waals surface area contributed by atoms with Crippen LogP contribution in [0.25, 0.3) is 11.3 Å². The lowest BCUT2D eigenvalue weighted by atomic mass is 10.0. The minimum Gasteiger partial charge on any atom is -0.384 e. The van der Waals surface area contributed by atoms with Crippen molar-refractivity contribution in [1.82, 2.24) is 9.78 Å². The number of nitrogen functional groups attached to an aromatic ring is 1. The molecule has 0 aliphatic carbocycles. The summed E-state index contributed by atoms with van der Waals surface area (Å²) in [5.41, 5.74) is 9.06. The Morgan fingerprint density at radius 1 is 1.45 bits per heavy atom. The van der Waals surface area contributed by atoms with Gasteiger partial charge in [0.15, 0.2) is 0 Å². The van der Waals surface area contributed by atoms with Crippen LogP contribution in [0.2, 0.25) is 0 Å². The van der Waals surface area contributed by atoms with Gasteiger partial charge in [0.25, 0.3) is 5.69 Å². The van der Waals surface area contributed by atoms with E-state index >= 15 is 0 Å². The number of rotatable bonds is 4. The fourth-order valence-electron chi connectivity index (χ4n) is 2.29. The van der Waals surface area contributed by atoms with E-state index < -0.39 is 0 Å². The van der Waals surface area contributed by atoms with Gasteiger partial charge in [0.05, 0.1) is 10.5 Å². The molecule has 6 nitrogen and oxygen atoms in total. The minimum atomic E-state index is -0.380. The van der Waals surface area contributed by atoms with E-state index in [2.05, 4.69) is 5.10 Å². The second kappa shape index (κ2) is 5.32. The number of nitro groups is 1. The predicted octanol–water partition coefficient (Wildman–Crippen LogP) is 2.84. The largest absolute Gasteiger partial charge is 0.384 e. The van der Waals surface area contributed by atoms with Crippen LogP contribution in [0.4, 0.5) is 11.5 Å². The van der Waals surface area contributed by atoms with Gasteiger partial charge in [-0.05, 0) is 25.0 Å². The number of aryl methyl sites for hydroxylation is 2. The quantitative estimate of drug-likeness (QED) is 0.686. The zero-order valence-electron chi connectivity index (χ0n) is 11.9. The SMILES string of the molecule is CCCc1c(-c2cc(C)ccc2[N+](=O)[O-])nn(C)c1N. The molecule has 0 aliphatic heterocycles. The van der Waals surface area contributed by atoms with E-state index in [1.54, 1.807) is 23.9 Å². The molecule has 1 heterocycles. The number of hydrogen-bond acceptors (Lipinski definition) is 4. The van der Waals surface area contributed by atoms with Crippen molar-refractivity contribution in [3.63, 3.8) is 0 Å². The molecule has 0 bridgehead atoms. The van der Waals surface area contributed by atoms with Crippen LogP contribution in [-0.4, -0.2) is 14.7 Å². The third kappa shape index (κ3) is 2.36. The van der Waals surface area contributed by atoms with Gasteiger partial charge in [-0.1, -0.05) is 19.4 Å². The van der Waals surface area contributed by atoms with Gasteiger partial charge in [0.1, 0.15) is 11.5 Å². The van der Waals surface area contributed by atoms with E-state index in [9.17, 15) is 10.1 Å². The average molecular weight is 274 g/mol. The van der Waals surface area contributed by atoms with Crippen LogP contribution in [0.3, 0.4) is 0 Å². The highest BCUT2D eigenvalue weighted by atomic mass is 16.6. The zero-order valence-corrected chi connectivity index (χ0v) is 11.9. The first-order valence-electron chi connectivity index (χ1n) is 6.52. The van der Waals surface area contributed by atoms with Crippen molar-refractivity contribution in [2.24, 2.45) is 7.05 Å². The summed E-state index contributed by atoms with van der Waals surface area (Å²) in [6, 6.07) is 5.04. The first-order valence-corrected chi connectivity index (χ1v) is 6.52. The van der Waals surface area contributed by atoms with Gasteiger partial charge in [-0.3, -0.25) is 14.8 Å². The summed E-state index contributed by atoms with van der Waals surface area (Å²) in [4.78, 5) is 10.8. The number of nitrogens with two attached hydrogens (primary N) is 1. The Bertz CT molecular complexity index is 661. The van der Waals surface area contributed by atoms with Crippen LogP contribution < -0.4 is 5.73 Å². The Labute approximate surface area is 117 Å². The Balaban J connectivity index is 2.70. The van der Waals surface area contributed by atoms with Crippen molar-refractivity contribution in [3.8, 4) is 11.3 Å². The average Bonchev–Trinajstić information content (AvgIpc) is 2.67.